The summed E-state index contributed by atoms with van der Waals surface area (Å²) in [4.78, 5) is 14.7. The van der Waals surface area contributed by atoms with Crippen molar-refractivity contribution in [2.45, 2.75) is 13.8 Å². The molecule has 0 saturated heterocycles. The fraction of sp³-hybridized carbons (Fsp3) is 0.381. The maximum absolute atomic E-state index is 12.4. The lowest BCUT2D eigenvalue weighted by Crippen LogP contribution is -2.35. The van der Waals surface area contributed by atoms with Gasteiger partial charge in [-0.2, -0.15) is 0 Å². The number of carbonyl (C=O) groups is 1. The molecule has 0 aromatic heterocycles. The Labute approximate surface area is 155 Å². The lowest BCUT2D eigenvalue weighted by atomic mass is 10.2. The molecule has 0 bridgehead atoms. The van der Waals surface area contributed by atoms with Crippen LogP contribution in [0.25, 0.3) is 0 Å². The van der Waals surface area contributed by atoms with E-state index in [4.69, 9.17) is 9.47 Å². The van der Waals surface area contributed by atoms with Gasteiger partial charge in [0, 0.05) is 13.1 Å². The lowest BCUT2D eigenvalue weighted by Gasteiger charge is -2.18. The smallest absolute Gasteiger partial charge is 0.255 e. The molecule has 1 amide bonds. The summed E-state index contributed by atoms with van der Waals surface area (Å²) in [6, 6.07) is 16.9. The van der Waals surface area contributed by atoms with Crippen LogP contribution in [0.3, 0.4) is 0 Å². The number of hydrogen-bond donors (Lipinski definition) is 1. The van der Waals surface area contributed by atoms with Gasteiger partial charge in [0.2, 0.25) is 0 Å². The van der Waals surface area contributed by atoms with Gasteiger partial charge in [0.05, 0.1) is 5.56 Å². The van der Waals surface area contributed by atoms with Gasteiger partial charge in [-0.25, -0.2) is 0 Å². The van der Waals surface area contributed by atoms with Gasteiger partial charge < -0.3 is 19.7 Å². The van der Waals surface area contributed by atoms with Crippen molar-refractivity contribution in [1.82, 2.24) is 10.2 Å². The molecular weight excluding hydrogens is 328 g/mol. The maximum Gasteiger partial charge on any atom is 0.255 e. The zero-order valence-corrected chi connectivity index (χ0v) is 15.6. The van der Waals surface area contributed by atoms with E-state index in [-0.39, 0.29) is 5.91 Å². The van der Waals surface area contributed by atoms with Crippen LogP contribution in [0.15, 0.2) is 54.6 Å². The number of ether oxygens (including phenoxy) is 2. The summed E-state index contributed by atoms with van der Waals surface area (Å²) >= 11 is 0. The Morgan fingerprint density at radius 1 is 0.923 bits per heavy atom. The summed E-state index contributed by atoms with van der Waals surface area (Å²) in [5.74, 6) is 1.26. The number of hydrogen-bond acceptors (Lipinski definition) is 4. The standard InChI is InChI=1S/C21H28N2O3/c1-3-23(4-2)15-14-22-21(24)19-12-8-9-13-20(19)26-17-16-25-18-10-6-5-7-11-18/h5-13H,3-4,14-17H2,1-2H3,(H,22,24). The van der Waals surface area contributed by atoms with Crippen LogP contribution in [0.5, 0.6) is 11.5 Å². The van der Waals surface area contributed by atoms with Crippen LogP contribution in [0.4, 0.5) is 0 Å². The molecule has 0 fully saturated rings. The van der Waals surface area contributed by atoms with Crippen molar-refractivity contribution >= 4 is 5.91 Å². The predicted octanol–water partition coefficient (Wildman–Crippen LogP) is 3.22. The average Bonchev–Trinajstić information content (AvgIpc) is 2.69. The molecule has 0 unspecified atom stereocenters. The second-order valence-corrected chi connectivity index (χ2v) is 5.79. The van der Waals surface area contributed by atoms with Crippen LogP contribution in [-0.4, -0.2) is 50.2 Å². The number of amides is 1. The fourth-order valence-corrected chi connectivity index (χ4v) is 2.57. The van der Waals surface area contributed by atoms with Gasteiger partial charge in [0.1, 0.15) is 24.7 Å². The van der Waals surface area contributed by atoms with Gasteiger partial charge in [-0.05, 0) is 37.4 Å². The second kappa shape index (κ2) is 11.2. The molecule has 5 heteroatoms. The van der Waals surface area contributed by atoms with Crippen LogP contribution >= 0.6 is 0 Å². The Morgan fingerprint density at radius 3 is 2.31 bits per heavy atom. The number of para-hydroxylation sites is 2. The van der Waals surface area contributed by atoms with Crippen molar-refractivity contribution in [2.75, 3.05) is 39.4 Å². The lowest BCUT2D eigenvalue weighted by molar-refractivity contribution is 0.0943. The third-order valence-electron chi connectivity index (χ3n) is 4.09. The monoisotopic (exact) mass is 356 g/mol. The summed E-state index contributed by atoms with van der Waals surface area (Å²) in [7, 11) is 0. The van der Waals surface area contributed by atoms with E-state index in [1.54, 1.807) is 6.07 Å². The van der Waals surface area contributed by atoms with Crippen LogP contribution in [0.2, 0.25) is 0 Å². The number of carbonyl (C=O) groups excluding carboxylic acids is 1. The summed E-state index contributed by atoms with van der Waals surface area (Å²) in [5, 5.41) is 2.96. The third-order valence-corrected chi connectivity index (χ3v) is 4.09. The van der Waals surface area contributed by atoms with Crippen molar-refractivity contribution < 1.29 is 14.3 Å². The average molecular weight is 356 g/mol. The predicted molar refractivity (Wildman–Crippen MR) is 104 cm³/mol. The van der Waals surface area contributed by atoms with Crippen LogP contribution in [0, 0.1) is 0 Å². The van der Waals surface area contributed by atoms with E-state index < -0.39 is 0 Å². The van der Waals surface area contributed by atoms with E-state index in [0.717, 1.165) is 25.4 Å². The fourth-order valence-electron chi connectivity index (χ4n) is 2.57. The molecular formula is C21H28N2O3. The summed E-state index contributed by atoms with van der Waals surface area (Å²) < 4.78 is 11.4. The molecule has 0 spiro atoms. The van der Waals surface area contributed by atoms with Gasteiger partial charge in [-0.1, -0.05) is 44.2 Å². The number of nitrogens with one attached hydrogen (secondary N) is 1. The maximum atomic E-state index is 12.4. The molecule has 26 heavy (non-hydrogen) atoms. The largest absolute Gasteiger partial charge is 0.490 e. The van der Waals surface area contributed by atoms with Crippen molar-refractivity contribution in [3.05, 3.63) is 60.2 Å². The first-order valence-electron chi connectivity index (χ1n) is 9.14. The summed E-state index contributed by atoms with van der Waals surface area (Å²) in [6.07, 6.45) is 0. The highest BCUT2D eigenvalue weighted by Crippen LogP contribution is 2.18. The Bertz CT molecular complexity index is 657. The molecule has 2 aromatic carbocycles. The van der Waals surface area contributed by atoms with E-state index in [1.807, 2.05) is 48.5 Å². The Balaban J connectivity index is 1.81. The highest BCUT2D eigenvalue weighted by atomic mass is 16.5. The van der Waals surface area contributed by atoms with E-state index in [0.29, 0.717) is 31.1 Å². The summed E-state index contributed by atoms with van der Waals surface area (Å²) in [6.45, 7) is 8.44. The molecule has 0 saturated carbocycles. The van der Waals surface area contributed by atoms with Crippen molar-refractivity contribution in [3.8, 4) is 11.5 Å². The number of nitrogens with zero attached hydrogens (tertiary/aromatic N) is 1. The summed E-state index contributed by atoms with van der Waals surface area (Å²) in [5.41, 5.74) is 0.548. The minimum Gasteiger partial charge on any atom is -0.490 e. The van der Waals surface area contributed by atoms with Gasteiger partial charge >= 0.3 is 0 Å². The van der Waals surface area contributed by atoms with Crippen LogP contribution < -0.4 is 14.8 Å². The molecule has 0 heterocycles. The van der Waals surface area contributed by atoms with Crippen LogP contribution in [0.1, 0.15) is 24.2 Å². The highest BCUT2D eigenvalue weighted by molar-refractivity contribution is 5.96. The first kappa shape index (κ1) is 19.8. The van der Waals surface area contributed by atoms with Gasteiger partial charge in [0.25, 0.3) is 5.91 Å². The molecule has 5 nitrogen and oxygen atoms in total. The molecule has 2 rings (SSSR count). The Hall–Kier alpha value is -2.53. The molecule has 0 radical (unpaired) electrons. The Morgan fingerprint density at radius 2 is 1.58 bits per heavy atom. The molecule has 0 aliphatic rings. The normalized spacial score (nSPS) is 10.6. The highest BCUT2D eigenvalue weighted by Gasteiger charge is 2.12. The zero-order valence-electron chi connectivity index (χ0n) is 15.6. The van der Waals surface area contributed by atoms with E-state index in [1.165, 1.54) is 0 Å². The van der Waals surface area contributed by atoms with Gasteiger partial charge in [-0.3, -0.25) is 4.79 Å². The van der Waals surface area contributed by atoms with Crippen molar-refractivity contribution in [2.24, 2.45) is 0 Å². The second-order valence-electron chi connectivity index (χ2n) is 5.79. The number of benzene rings is 2. The minimum atomic E-state index is -0.114. The minimum absolute atomic E-state index is 0.114. The van der Waals surface area contributed by atoms with Crippen molar-refractivity contribution in [3.63, 3.8) is 0 Å². The topological polar surface area (TPSA) is 50.8 Å². The molecule has 0 atom stereocenters. The first-order chi connectivity index (χ1) is 12.7. The first-order valence-corrected chi connectivity index (χ1v) is 9.14. The van der Waals surface area contributed by atoms with Crippen LogP contribution in [-0.2, 0) is 0 Å². The van der Waals surface area contributed by atoms with Crippen molar-refractivity contribution in [1.29, 1.82) is 0 Å². The van der Waals surface area contributed by atoms with E-state index in [2.05, 4.69) is 24.1 Å². The third kappa shape index (κ3) is 6.41. The molecule has 1 N–H and O–H groups in total. The zero-order chi connectivity index (χ0) is 18.6. The van der Waals surface area contributed by atoms with Gasteiger partial charge in [0.15, 0.2) is 0 Å². The van der Waals surface area contributed by atoms with E-state index >= 15 is 0 Å². The molecule has 2 aromatic rings. The molecule has 0 aliphatic heterocycles. The van der Waals surface area contributed by atoms with Gasteiger partial charge in [-0.15, -0.1) is 0 Å². The Kier molecular flexibility index (Phi) is 8.49. The van der Waals surface area contributed by atoms with E-state index in [9.17, 15) is 4.79 Å². The molecule has 140 valence electrons. The SMILES string of the molecule is CCN(CC)CCNC(=O)c1ccccc1OCCOc1ccccc1. The quantitative estimate of drug-likeness (QED) is 0.628. The number of rotatable bonds is 11. The number of likely N-dealkylation sites (N-methyl/N-ethyl adjacent to an activating group) is 1. The molecule has 0 aliphatic carbocycles.